The summed E-state index contributed by atoms with van der Waals surface area (Å²) < 4.78 is 47.4. The fourth-order valence-electron chi connectivity index (χ4n) is 4.20. The van der Waals surface area contributed by atoms with Crippen LogP contribution in [0.1, 0.15) is 31.2 Å². The molecule has 0 saturated carbocycles. The average Bonchev–Trinajstić information content (AvgIpc) is 2.88. The maximum atomic E-state index is 13.4. The third kappa shape index (κ3) is 3.10. The molecule has 0 radical (unpaired) electrons. The van der Waals surface area contributed by atoms with Gasteiger partial charge < -0.3 is 4.74 Å². The van der Waals surface area contributed by atoms with Crippen LogP contribution in [0, 0.1) is 12.7 Å². The third-order valence-electron chi connectivity index (χ3n) is 5.27. The number of hydrogen-bond acceptors (Lipinski definition) is 4. The predicted octanol–water partition coefficient (Wildman–Crippen LogP) is 3.29. The number of nitrogens with zero attached hydrogens (tertiary/aromatic N) is 2. The number of hydrogen-bond donors (Lipinski definition) is 0. The van der Waals surface area contributed by atoms with Gasteiger partial charge in [0.15, 0.2) is 0 Å². The number of benzene rings is 1. The first-order valence-electron chi connectivity index (χ1n) is 8.81. The SMILES string of the molecule is Cc1cc(F)ccc1S(=O)(=O)N1C2CCC1CC(Oc1ccncc1)C2. The van der Waals surface area contributed by atoms with Crippen molar-refractivity contribution in [3.8, 4) is 5.75 Å². The van der Waals surface area contributed by atoms with Crippen LogP contribution in [-0.4, -0.2) is 35.9 Å². The maximum absolute atomic E-state index is 13.4. The smallest absolute Gasteiger partial charge is 0.243 e. The Morgan fingerprint density at radius 1 is 1.12 bits per heavy atom. The van der Waals surface area contributed by atoms with E-state index in [1.807, 2.05) is 12.1 Å². The number of pyridine rings is 1. The van der Waals surface area contributed by atoms with Crippen LogP contribution in [-0.2, 0) is 10.0 Å². The molecule has 2 fully saturated rings. The summed E-state index contributed by atoms with van der Waals surface area (Å²) in [5.74, 6) is 0.337. The summed E-state index contributed by atoms with van der Waals surface area (Å²) in [4.78, 5) is 4.18. The molecule has 2 aliphatic rings. The summed E-state index contributed by atoms with van der Waals surface area (Å²) in [5, 5.41) is 0. The van der Waals surface area contributed by atoms with E-state index in [2.05, 4.69) is 4.98 Å². The molecule has 1 aromatic carbocycles. The number of ether oxygens (including phenoxy) is 1. The first kappa shape index (κ1) is 17.4. The number of rotatable bonds is 4. The molecule has 26 heavy (non-hydrogen) atoms. The predicted molar refractivity (Wildman–Crippen MR) is 94.9 cm³/mol. The van der Waals surface area contributed by atoms with Gasteiger partial charge in [-0.15, -0.1) is 0 Å². The lowest BCUT2D eigenvalue weighted by Crippen LogP contribution is -2.49. The van der Waals surface area contributed by atoms with Crippen LogP contribution in [0.5, 0.6) is 5.75 Å². The monoisotopic (exact) mass is 376 g/mol. The highest BCUT2D eigenvalue weighted by atomic mass is 32.2. The van der Waals surface area contributed by atoms with E-state index in [4.69, 9.17) is 4.74 Å². The standard InChI is InChI=1S/C19H21FN2O3S/c1-13-10-14(20)2-5-19(13)26(23,24)22-15-3-4-16(22)12-18(11-15)25-17-6-8-21-9-7-17/h2,5-10,15-16,18H,3-4,11-12H2,1H3. The molecule has 3 heterocycles. The van der Waals surface area contributed by atoms with Crippen molar-refractivity contribution >= 4 is 10.0 Å². The largest absolute Gasteiger partial charge is 0.490 e. The van der Waals surface area contributed by atoms with Crippen LogP contribution in [0.3, 0.4) is 0 Å². The first-order chi connectivity index (χ1) is 12.4. The van der Waals surface area contributed by atoms with E-state index in [1.165, 1.54) is 18.2 Å². The molecule has 0 N–H and O–H groups in total. The second kappa shape index (κ2) is 6.63. The van der Waals surface area contributed by atoms with Crippen molar-refractivity contribution in [2.75, 3.05) is 0 Å². The molecular formula is C19H21FN2O3S. The Morgan fingerprint density at radius 3 is 2.38 bits per heavy atom. The summed E-state index contributed by atoms with van der Waals surface area (Å²) >= 11 is 0. The molecule has 0 spiro atoms. The Kier molecular flexibility index (Phi) is 4.44. The fourth-order valence-corrected chi connectivity index (χ4v) is 6.30. The van der Waals surface area contributed by atoms with Gasteiger partial charge in [-0.05, 0) is 55.7 Å². The van der Waals surface area contributed by atoms with Crippen LogP contribution in [0.15, 0.2) is 47.6 Å². The highest BCUT2D eigenvalue weighted by molar-refractivity contribution is 7.89. The first-order valence-corrected chi connectivity index (χ1v) is 10.3. The van der Waals surface area contributed by atoms with Crippen LogP contribution in [0.25, 0.3) is 0 Å². The lowest BCUT2D eigenvalue weighted by atomic mass is 10.0. The zero-order valence-corrected chi connectivity index (χ0v) is 15.3. The molecule has 2 unspecified atom stereocenters. The molecule has 2 bridgehead atoms. The Labute approximate surface area is 152 Å². The Bertz CT molecular complexity index is 890. The molecule has 2 atom stereocenters. The molecule has 5 nitrogen and oxygen atoms in total. The van der Waals surface area contributed by atoms with E-state index in [-0.39, 0.29) is 23.1 Å². The van der Waals surface area contributed by atoms with Gasteiger partial charge >= 0.3 is 0 Å². The van der Waals surface area contributed by atoms with Crippen LogP contribution in [0.4, 0.5) is 4.39 Å². The lowest BCUT2D eigenvalue weighted by molar-refractivity contribution is 0.0956. The zero-order chi connectivity index (χ0) is 18.3. The average molecular weight is 376 g/mol. The van der Waals surface area contributed by atoms with Crippen molar-refractivity contribution in [1.82, 2.24) is 9.29 Å². The Morgan fingerprint density at radius 2 is 1.77 bits per heavy atom. The van der Waals surface area contributed by atoms with Crippen LogP contribution >= 0.6 is 0 Å². The second-order valence-electron chi connectivity index (χ2n) is 7.02. The Hall–Kier alpha value is -1.99. The van der Waals surface area contributed by atoms with E-state index in [0.29, 0.717) is 18.4 Å². The van der Waals surface area contributed by atoms with Gasteiger partial charge in [-0.3, -0.25) is 4.98 Å². The molecule has 138 valence electrons. The van der Waals surface area contributed by atoms with Gasteiger partial charge in [-0.25, -0.2) is 12.8 Å². The van der Waals surface area contributed by atoms with Crippen molar-refractivity contribution < 1.29 is 17.5 Å². The van der Waals surface area contributed by atoms with Crippen molar-refractivity contribution in [1.29, 1.82) is 0 Å². The minimum absolute atomic E-state index is 0.00401. The van der Waals surface area contributed by atoms with E-state index < -0.39 is 15.8 Å². The topological polar surface area (TPSA) is 59.5 Å². The summed E-state index contributed by atoms with van der Waals surface area (Å²) in [6, 6.07) is 7.33. The molecule has 2 aromatic rings. The minimum Gasteiger partial charge on any atom is -0.490 e. The van der Waals surface area contributed by atoms with Crippen LogP contribution < -0.4 is 4.74 Å². The number of aromatic nitrogens is 1. The number of halogens is 1. The van der Waals surface area contributed by atoms with Crippen molar-refractivity contribution in [2.45, 2.75) is 55.7 Å². The summed E-state index contributed by atoms with van der Waals surface area (Å²) in [6.45, 7) is 1.64. The van der Waals surface area contributed by atoms with Gasteiger partial charge in [0.25, 0.3) is 0 Å². The zero-order valence-electron chi connectivity index (χ0n) is 14.5. The molecule has 4 rings (SSSR count). The summed E-state index contributed by atoms with van der Waals surface area (Å²) in [6.07, 6.45) is 6.36. The molecule has 1 aromatic heterocycles. The van der Waals surface area contributed by atoms with E-state index in [0.717, 1.165) is 18.6 Å². The van der Waals surface area contributed by atoms with Crippen LogP contribution in [0.2, 0.25) is 0 Å². The lowest BCUT2D eigenvalue weighted by Gasteiger charge is -2.38. The third-order valence-corrected chi connectivity index (χ3v) is 7.43. The van der Waals surface area contributed by atoms with E-state index in [9.17, 15) is 12.8 Å². The summed E-state index contributed by atoms with van der Waals surface area (Å²) in [7, 11) is -3.64. The molecule has 0 amide bonds. The van der Waals surface area contributed by atoms with Gasteiger partial charge in [-0.1, -0.05) is 0 Å². The highest BCUT2D eigenvalue weighted by Gasteiger charge is 2.48. The van der Waals surface area contributed by atoms with Gasteiger partial charge in [0, 0.05) is 37.3 Å². The number of sulfonamides is 1. The normalized spacial score (nSPS) is 26.0. The molecular weight excluding hydrogens is 355 g/mol. The number of fused-ring (bicyclic) bond motifs is 2. The second-order valence-corrected chi connectivity index (χ2v) is 8.84. The highest BCUT2D eigenvalue weighted by Crippen LogP contribution is 2.41. The maximum Gasteiger partial charge on any atom is 0.243 e. The number of piperidine rings is 1. The molecule has 2 aliphatic heterocycles. The van der Waals surface area contributed by atoms with Gasteiger partial charge in [-0.2, -0.15) is 4.31 Å². The van der Waals surface area contributed by atoms with Gasteiger partial charge in [0.1, 0.15) is 17.7 Å². The van der Waals surface area contributed by atoms with Crippen molar-refractivity contribution in [3.63, 3.8) is 0 Å². The van der Waals surface area contributed by atoms with Gasteiger partial charge in [0.2, 0.25) is 10.0 Å². The fraction of sp³-hybridized carbons (Fsp3) is 0.421. The van der Waals surface area contributed by atoms with E-state index in [1.54, 1.807) is 23.6 Å². The van der Waals surface area contributed by atoms with Crippen molar-refractivity contribution in [2.24, 2.45) is 0 Å². The molecule has 0 aliphatic carbocycles. The summed E-state index contributed by atoms with van der Waals surface area (Å²) in [5.41, 5.74) is 0.444. The van der Waals surface area contributed by atoms with Gasteiger partial charge in [0.05, 0.1) is 4.90 Å². The number of aryl methyl sites for hydroxylation is 1. The molecule has 2 saturated heterocycles. The van der Waals surface area contributed by atoms with E-state index >= 15 is 0 Å². The molecule has 7 heteroatoms. The quantitative estimate of drug-likeness (QED) is 0.822. The minimum atomic E-state index is -3.64. The Balaban J connectivity index is 1.56. The van der Waals surface area contributed by atoms with Crippen molar-refractivity contribution in [3.05, 3.63) is 54.1 Å².